The van der Waals surface area contributed by atoms with E-state index in [9.17, 15) is 4.21 Å². The van der Waals surface area contributed by atoms with Crippen LogP contribution in [0.3, 0.4) is 0 Å². The number of nitrogens with two attached hydrogens (primary N) is 1. The van der Waals surface area contributed by atoms with Crippen molar-refractivity contribution in [1.29, 1.82) is 0 Å². The number of hydrogen-bond acceptors (Lipinski definition) is 3. The summed E-state index contributed by atoms with van der Waals surface area (Å²) in [7, 11) is -1.13. The van der Waals surface area contributed by atoms with Crippen molar-refractivity contribution >= 4 is 22.4 Å². The van der Waals surface area contributed by atoms with Gasteiger partial charge < -0.3 is 10.5 Å². The zero-order chi connectivity index (χ0) is 12.3. The van der Waals surface area contributed by atoms with Gasteiger partial charge >= 0.3 is 0 Å². The number of halogens is 1. The summed E-state index contributed by atoms with van der Waals surface area (Å²) in [6.45, 7) is 1.44. The zero-order valence-electron chi connectivity index (χ0n) is 9.47. The first-order valence-corrected chi connectivity index (χ1v) is 7.34. The molecule has 3 unspecified atom stereocenters. The summed E-state index contributed by atoms with van der Waals surface area (Å²) >= 11 is 6.00. The number of ether oxygens (including phenoxy) is 1. The standard InChI is InChI=1S/C12H16ClNO2S/c13-10-3-1-2-4-12(10)17(15)8-11(14)9-5-6-16-7-9/h1-4,9,11H,5-8,14H2. The van der Waals surface area contributed by atoms with Crippen LogP contribution in [0.25, 0.3) is 0 Å². The molecule has 0 radical (unpaired) electrons. The molecule has 17 heavy (non-hydrogen) atoms. The van der Waals surface area contributed by atoms with Gasteiger partial charge in [-0.1, -0.05) is 23.7 Å². The van der Waals surface area contributed by atoms with E-state index < -0.39 is 10.8 Å². The topological polar surface area (TPSA) is 52.3 Å². The lowest BCUT2D eigenvalue weighted by Gasteiger charge is -2.17. The first-order valence-electron chi connectivity index (χ1n) is 5.64. The van der Waals surface area contributed by atoms with Gasteiger partial charge in [0.05, 0.1) is 27.3 Å². The quantitative estimate of drug-likeness (QED) is 0.910. The number of hydrogen-bond donors (Lipinski definition) is 1. The molecule has 1 aliphatic heterocycles. The molecule has 1 fully saturated rings. The minimum Gasteiger partial charge on any atom is -0.381 e. The first-order chi connectivity index (χ1) is 8.18. The molecular weight excluding hydrogens is 258 g/mol. The summed E-state index contributed by atoms with van der Waals surface area (Å²) in [6.07, 6.45) is 0.959. The molecule has 1 aromatic rings. The second-order valence-corrected chi connectivity index (χ2v) is 6.10. The third kappa shape index (κ3) is 3.28. The van der Waals surface area contributed by atoms with E-state index >= 15 is 0 Å². The van der Waals surface area contributed by atoms with E-state index in [1.165, 1.54) is 0 Å². The second-order valence-electron chi connectivity index (χ2n) is 4.23. The monoisotopic (exact) mass is 273 g/mol. The molecule has 94 valence electrons. The average molecular weight is 274 g/mol. The molecule has 0 aliphatic carbocycles. The van der Waals surface area contributed by atoms with Crippen LogP contribution in [-0.4, -0.2) is 29.2 Å². The van der Waals surface area contributed by atoms with Crippen LogP contribution >= 0.6 is 11.6 Å². The van der Waals surface area contributed by atoms with E-state index in [-0.39, 0.29) is 6.04 Å². The molecule has 3 nitrogen and oxygen atoms in total. The predicted octanol–water partition coefficient (Wildman–Crippen LogP) is 1.81. The Hall–Kier alpha value is -0.420. The van der Waals surface area contributed by atoms with Crippen molar-refractivity contribution in [2.24, 2.45) is 11.7 Å². The highest BCUT2D eigenvalue weighted by Crippen LogP contribution is 2.22. The highest BCUT2D eigenvalue weighted by Gasteiger charge is 2.25. The molecule has 0 amide bonds. The lowest BCUT2D eigenvalue weighted by molar-refractivity contribution is 0.182. The summed E-state index contributed by atoms with van der Waals surface area (Å²) in [5.74, 6) is 0.763. The van der Waals surface area contributed by atoms with E-state index in [0.717, 1.165) is 13.0 Å². The highest BCUT2D eigenvalue weighted by molar-refractivity contribution is 7.85. The average Bonchev–Trinajstić information content (AvgIpc) is 2.82. The molecule has 1 aliphatic rings. The van der Waals surface area contributed by atoms with Crippen LogP contribution in [0.4, 0.5) is 0 Å². The minimum absolute atomic E-state index is 0.0883. The maximum atomic E-state index is 12.1. The van der Waals surface area contributed by atoms with E-state index in [0.29, 0.717) is 28.2 Å². The molecule has 1 saturated heterocycles. The Kier molecular flexibility index (Phi) is 4.56. The van der Waals surface area contributed by atoms with Gasteiger partial charge in [-0.05, 0) is 18.6 Å². The van der Waals surface area contributed by atoms with Crippen molar-refractivity contribution in [3.63, 3.8) is 0 Å². The van der Waals surface area contributed by atoms with Crippen LogP contribution in [0.1, 0.15) is 6.42 Å². The van der Waals surface area contributed by atoms with Gasteiger partial charge in [0.1, 0.15) is 0 Å². The molecule has 2 N–H and O–H groups in total. The van der Waals surface area contributed by atoms with Gasteiger partial charge in [-0.2, -0.15) is 0 Å². The van der Waals surface area contributed by atoms with Crippen LogP contribution in [0.15, 0.2) is 29.2 Å². The van der Waals surface area contributed by atoms with Crippen LogP contribution < -0.4 is 5.73 Å². The van der Waals surface area contributed by atoms with Crippen LogP contribution in [-0.2, 0) is 15.5 Å². The summed E-state index contributed by atoms with van der Waals surface area (Å²) < 4.78 is 17.4. The molecule has 0 saturated carbocycles. The lowest BCUT2D eigenvalue weighted by atomic mass is 10.0. The first kappa shape index (κ1) is 13.0. The van der Waals surface area contributed by atoms with E-state index in [1.54, 1.807) is 12.1 Å². The summed E-state index contributed by atoms with van der Waals surface area (Å²) in [5.41, 5.74) is 6.05. The zero-order valence-corrected chi connectivity index (χ0v) is 11.0. The third-order valence-electron chi connectivity index (χ3n) is 3.00. The molecule has 0 spiro atoms. The summed E-state index contributed by atoms with van der Waals surface area (Å²) in [6, 6.07) is 7.11. The summed E-state index contributed by atoms with van der Waals surface area (Å²) in [5, 5.41) is 0.542. The Morgan fingerprint density at radius 1 is 1.53 bits per heavy atom. The Balaban J connectivity index is 1.99. The van der Waals surface area contributed by atoms with Gasteiger partial charge in [0.15, 0.2) is 0 Å². The maximum Gasteiger partial charge on any atom is 0.0574 e. The van der Waals surface area contributed by atoms with Gasteiger partial charge in [-0.25, -0.2) is 0 Å². The molecule has 3 atom stereocenters. The van der Waals surface area contributed by atoms with Crippen molar-refractivity contribution in [1.82, 2.24) is 0 Å². The fourth-order valence-electron chi connectivity index (χ4n) is 1.92. The molecule has 2 rings (SSSR count). The maximum absolute atomic E-state index is 12.1. The largest absolute Gasteiger partial charge is 0.381 e. The number of rotatable bonds is 4. The van der Waals surface area contributed by atoms with Crippen molar-refractivity contribution in [2.45, 2.75) is 17.4 Å². The van der Waals surface area contributed by atoms with Crippen LogP contribution in [0, 0.1) is 5.92 Å². The van der Waals surface area contributed by atoms with Gasteiger partial charge in [0.25, 0.3) is 0 Å². The van der Waals surface area contributed by atoms with Gasteiger partial charge in [0, 0.05) is 24.3 Å². The van der Waals surface area contributed by atoms with Crippen LogP contribution in [0.2, 0.25) is 5.02 Å². The molecule has 1 aromatic carbocycles. The SMILES string of the molecule is NC(CS(=O)c1ccccc1Cl)C1CCOC1. The fraction of sp³-hybridized carbons (Fsp3) is 0.500. The van der Waals surface area contributed by atoms with Gasteiger partial charge in [-0.15, -0.1) is 0 Å². The predicted molar refractivity (Wildman–Crippen MR) is 69.6 cm³/mol. The molecular formula is C12H16ClNO2S. The molecule has 1 heterocycles. The van der Waals surface area contributed by atoms with Gasteiger partial charge in [0.2, 0.25) is 0 Å². The summed E-state index contributed by atoms with van der Waals surface area (Å²) in [4.78, 5) is 0.670. The van der Waals surface area contributed by atoms with Crippen molar-refractivity contribution in [2.75, 3.05) is 19.0 Å². The Morgan fingerprint density at radius 2 is 2.29 bits per heavy atom. The third-order valence-corrected chi connectivity index (χ3v) is 4.97. The molecule has 5 heteroatoms. The Morgan fingerprint density at radius 3 is 2.94 bits per heavy atom. The minimum atomic E-state index is -1.13. The van der Waals surface area contributed by atoms with Crippen molar-refractivity contribution in [3.8, 4) is 0 Å². The van der Waals surface area contributed by atoms with Gasteiger partial charge in [-0.3, -0.25) is 4.21 Å². The Bertz CT molecular complexity index is 407. The smallest absolute Gasteiger partial charge is 0.0574 e. The van der Waals surface area contributed by atoms with Crippen molar-refractivity contribution < 1.29 is 8.95 Å². The molecule has 0 bridgehead atoms. The lowest BCUT2D eigenvalue weighted by Crippen LogP contribution is -2.35. The van der Waals surface area contributed by atoms with Crippen LogP contribution in [0.5, 0.6) is 0 Å². The highest BCUT2D eigenvalue weighted by atomic mass is 35.5. The van der Waals surface area contributed by atoms with E-state index in [4.69, 9.17) is 22.1 Å². The fourth-order valence-corrected chi connectivity index (χ4v) is 3.63. The normalized spacial score (nSPS) is 23.5. The Labute approximate surface area is 109 Å². The number of benzene rings is 1. The second kappa shape index (κ2) is 5.96. The van der Waals surface area contributed by atoms with Crippen molar-refractivity contribution in [3.05, 3.63) is 29.3 Å². The van der Waals surface area contributed by atoms with E-state index in [2.05, 4.69) is 0 Å². The molecule has 0 aromatic heterocycles. The van der Waals surface area contributed by atoms with E-state index in [1.807, 2.05) is 12.1 Å².